The first-order valence-corrected chi connectivity index (χ1v) is 11.5. The van der Waals surface area contributed by atoms with Gasteiger partial charge in [-0.15, -0.1) is 5.10 Å². The van der Waals surface area contributed by atoms with Crippen LogP contribution in [-0.2, 0) is 6.54 Å². The second-order valence-electron chi connectivity index (χ2n) is 8.91. The molecule has 0 radical (unpaired) electrons. The molecule has 180 valence electrons. The van der Waals surface area contributed by atoms with E-state index in [0.29, 0.717) is 36.9 Å². The maximum absolute atomic E-state index is 13.9. The van der Waals surface area contributed by atoms with Gasteiger partial charge in [0.1, 0.15) is 5.70 Å². The van der Waals surface area contributed by atoms with E-state index < -0.39 is 11.9 Å². The minimum Gasteiger partial charge on any atom is -0.351 e. The summed E-state index contributed by atoms with van der Waals surface area (Å²) in [6, 6.07) is 15.8. The molecule has 0 aliphatic carbocycles. The van der Waals surface area contributed by atoms with E-state index in [-0.39, 0.29) is 6.67 Å². The van der Waals surface area contributed by atoms with Gasteiger partial charge in [-0.05, 0) is 52.8 Å². The molecular formula is C25H29F3N6. The van der Waals surface area contributed by atoms with Gasteiger partial charge in [0.25, 0.3) is 0 Å². The lowest BCUT2D eigenvalue weighted by Crippen LogP contribution is -2.31. The highest BCUT2D eigenvalue weighted by molar-refractivity contribution is 5.80. The molecule has 0 saturated heterocycles. The Hall–Kier alpha value is -3.36. The molecule has 1 aliphatic heterocycles. The number of tetrazole rings is 1. The predicted molar refractivity (Wildman–Crippen MR) is 125 cm³/mol. The minimum absolute atomic E-state index is 0.252. The largest absolute Gasteiger partial charge is 0.432 e. The van der Waals surface area contributed by atoms with E-state index in [9.17, 15) is 13.2 Å². The number of aromatic amines is 1. The number of rotatable bonds is 8. The first-order valence-electron chi connectivity index (χ1n) is 11.5. The van der Waals surface area contributed by atoms with Crippen molar-refractivity contribution in [2.24, 2.45) is 5.92 Å². The van der Waals surface area contributed by atoms with Gasteiger partial charge >= 0.3 is 6.18 Å². The Morgan fingerprint density at radius 2 is 1.71 bits per heavy atom. The van der Waals surface area contributed by atoms with Crippen LogP contribution in [0.15, 0.2) is 59.9 Å². The number of hydrogen-bond donors (Lipinski definition) is 1. The second-order valence-corrected chi connectivity index (χ2v) is 8.91. The van der Waals surface area contributed by atoms with Crippen molar-refractivity contribution >= 4 is 0 Å². The maximum atomic E-state index is 13.9. The summed E-state index contributed by atoms with van der Waals surface area (Å²) in [7, 11) is 0. The van der Waals surface area contributed by atoms with E-state index in [2.05, 4.69) is 20.6 Å². The molecule has 0 spiro atoms. The number of alkyl halides is 3. The lowest BCUT2D eigenvalue weighted by molar-refractivity contribution is -0.109. The molecule has 0 unspecified atom stereocenters. The lowest BCUT2D eigenvalue weighted by Gasteiger charge is -2.24. The van der Waals surface area contributed by atoms with Crippen molar-refractivity contribution in [3.63, 3.8) is 0 Å². The Labute approximate surface area is 197 Å². The smallest absolute Gasteiger partial charge is 0.351 e. The van der Waals surface area contributed by atoms with E-state index in [1.165, 1.54) is 4.90 Å². The Balaban J connectivity index is 1.59. The first-order chi connectivity index (χ1) is 16.3. The highest BCUT2D eigenvalue weighted by Crippen LogP contribution is 2.39. The lowest BCUT2D eigenvalue weighted by atomic mass is 9.98. The molecule has 9 heteroatoms. The zero-order chi connectivity index (χ0) is 24.3. The van der Waals surface area contributed by atoms with Gasteiger partial charge in [-0.1, -0.05) is 62.4 Å². The minimum atomic E-state index is -4.36. The zero-order valence-electron chi connectivity index (χ0n) is 19.6. The van der Waals surface area contributed by atoms with Crippen LogP contribution in [0.1, 0.15) is 39.2 Å². The van der Waals surface area contributed by atoms with Crippen molar-refractivity contribution in [3.05, 3.63) is 65.5 Å². The molecule has 1 aromatic heterocycles. The van der Waals surface area contributed by atoms with Crippen LogP contribution in [0.3, 0.4) is 0 Å². The number of aromatic nitrogens is 4. The summed E-state index contributed by atoms with van der Waals surface area (Å²) in [5.41, 5.74) is 3.72. The highest BCUT2D eigenvalue weighted by Gasteiger charge is 2.44. The van der Waals surface area contributed by atoms with Crippen LogP contribution in [0.5, 0.6) is 0 Å². The van der Waals surface area contributed by atoms with Crippen molar-refractivity contribution in [2.45, 2.75) is 46.3 Å². The molecule has 34 heavy (non-hydrogen) atoms. The third-order valence-corrected chi connectivity index (χ3v) is 6.09. The number of H-pyrrole nitrogens is 1. The van der Waals surface area contributed by atoms with Gasteiger partial charge in [-0.2, -0.15) is 13.2 Å². The van der Waals surface area contributed by atoms with Gasteiger partial charge in [0.15, 0.2) is 5.82 Å². The SMILES string of the molecule is CCN1CN(Cc2ccc(-c3ccccc3-c3nnn[nH]3)cc2)C(CCC(C)C)=C1C(F)(F)F. The van der Waals surface area contributed by atoms with Crippen LogP contribution in [0.2, 0.25) is 0 Å². The first kappa shape index (κ1) is 23.8. The van der Waals surface area contributed by atoms with E-state index >= 15 is 0 Å². The molecule has 0 saturated carbocycles. The molecule has 1 N–H and O–H groups in total. The Kier molecular flexibility index (Phi) is 6.90. The summed E-state index contributed by atoms with van der Waals surface area (Å²) in [5, 5.41) is 14.1. The predicted octanol–water partition coefficient (Wildman–Crippen LogP) is 5.84. The second kappa shape index (κ2) is 9.87. The Morgan fingerprint density at radius 3 is 2.29 bits per heavy atom. The molecular weight excluding hydrogens is 441 g/mol. The molecule has 2 heterocycles. The normalized spacial score (nSPS) is 14.6. The summed E-state index contributed by atoms with van der Waals surface area (Å²) in [5.74, 6) is 0.912. The standard InChI is InChI=1S/C25H29F3N6/c1-4-33-16-34(22(14-9-17(2)3)23(33)25(26,27)28)15-18-10-12-19(13-11-18)20-7-5-6-8-21(20)24-29-31-32-30-24/h5-8,10-13,17H,4,9,14-16H2,1-3H3,(H,29,30,31,32). The van der Waals surface area contributed by atoms with Crippen LogP contribution in [0, 0.1) is 5.92 Å². The van der Waals surface area contributed by atoms with E-state index in [1.807, 2.05) is 67.3 Å². The molecule has 1 aliphatic rings. The van der Waals surface area contributed by atoms with Gasteiger partial charge in [0, 0.05) is 24.4 Å². The molecule has 2 aromatic carbocycles. The molecule has 3 aromatic rings. The maximum Gasteiger partial charge on any atom is 0.432 e. The highest BCUT2D eigenvalue weighted by atomic mass is 19.4. The van der Waals surface area contributed by atoms with E-state index in [4.69, 9.17) is 0 Å². The molecule has 4 rings (SSSR count). The van der Waals surface area contributed by atoms with Crippen molar-refractivity contribution in [2.75, 3.05) is 13.2 Å². The Morgan fingerprint density at radius 1 is 1.00 bits per heavy atom. The van der Waals surface area contributed by atoms with Gasteiger partial charge in [0.2, 0.25) is 0 Å². The topological polar surface area (TPSA) is 60.9 Å². The fraction of sp³-hybridized carbons (Fsp3) is 0.400. The fourth-order valence-electron chi connectivity index (χ4n) is 4.37. The number of halogens is 3. The third-order valence-electron chi connectivity index (χ3n) is 6.09. The van der Waals surface area contributed by atoms with Gasteiger partial charge in [-0.3, -0.25) is 0 Å². The summed E-state index contributed by atoms with van der Waals surface area (Å²) in [6.07, 6.45) is -3.23. The number of benzene rings is 2. The Bertz CT molecular complexity index is 1120. The van der Waals surface area contributed by atoms with Crippen LogP contribution in [-0.4, -0.2) is 49.8 Å². The number of allylic oxidation sites excluding steroid dienone is 2. The van der Waals surface area contributed by atoms with Crippen molar-refractivity contribution < 1.29 is 13.2 Å². The summed E-state index contributed by atoms with van der Waals surface area (Å²) < 4.78 is 41.8. The van der Waals surface area contributed by atoms with Crippen LogP contribution >= 0.6 is 0 Å². The molecule has 0 atom stereocenters. The average Bonchev–Trinajstić information content (AvgIpc) is 3.46. The monoisotopic (exact) mass is 470 g/mol. The van der Waals surface area contributed by atoms with Gasteiger partial charge in [0.05, 0.1) is 6.67 Å². The summed E-state index contributed by atoms with van der Waals surface area (Å²) in [4.78, 5) is 3.31. The van der Waals surface area contributed by atoms with Gasteiger partial charge in [-0.25, -0.2) is 5.10 Å². The van der Waals surface area contributed by atoms with Gasteiger partial charge < -0.3 is 9.80 Å². The van der Waals surface area contributed by atoms with Crippen LogP contribution in [0.25, 0.3) is 22.5 Å². The average molecular weight is 471 g/mol. The molecule has 6 nitrogen and oxygen atoms in total. The number of nitrogens with zero attached hydrogens (tertiary/aromatic N) is 5. The van der Waals surface area contributed by atoms with Crippen molar-refractivity contribution in [1.82, 2.24) is 30.4 Å². The number of nitrogens with one attached hydrogen (secondary N) is 1. The zero-order valence-corrected chi connectivity index (χ0v) is 19.6. The molecule has 0 bridgehead atoms. The molecule has 0 fully saturated rings. The van der Waals surface area contributed by atoms with Crippen molar-refractivity contribution in [3.8, 4) is 22.5 Å². The van der Waals surface area contributed by atoms with E-state index in [1.54, 1.807) is 6.92 Å². The fourth-order valence-corrected chi connectivity index (χ4v) is 4.37. The van der Waals surface area contributed by atoms with E-state index in [0.717, 1.165) is 28.7 Å². The summed E-state index contributed by atoms with van der Waals surface area (Å²) >= 11 is 0. The molecule has 0 amide bonds. The quantitative estimate of drug-likeness (QED) is 0.448. The third kappa shape index (κ3) is 5.08. The number of hydrogen-bond acceptors (Lipinski definition) is 5. The summed E-state index contributed by atoms with van der Waals surface area (Å²) in [6.45, 7) is 6.85. The van der Waals surface area contributed by atoms with Crippen LogP contribution in [0.4, 0.5) is 13.2 Å². The van der Waals surface area contributed by atoms with Crippen LogP contribution < -0.4 is 0 Å². The van der Waals surface area contributed by atoms with Crippen molar-refractivity contribution in [1.29, 1.82) is 0 Å².